The molecule has 4 aliphatic rings. The van der Waals surface area contributed by atoms with E-state index in [0.717, 1.165) is 0 Å². The molecule has 0 aromatic heterocycles. The lowest BCUT2D eigenvalue weighted by Crippen LogP contribution is -2.63. The van der Waals surface area contributed by atoms with Crippen LogP contribution in [0.4, 0.5) is 0 Å². The molecule has 4 N–H and O–H groups in total. The maximum Gasteiger partial charge on any atom is 0.329 e. The van der Waals surface area contributed by atoms with Crippen molar-refractivity contribution < 1.29 is 58.6 Å². The number of cyclic esters (lactones) is 1. The van der Waals surface area contributed by atoms with E-state index < -0.39 is 83.9 Å². The van der Waals surface area contributed by atoms with Crippen LogP contribution in [0.25, 0.3) is 0 Å². The number of carbonyl (C=O) groups is 4. The van der Waals surface area contributed by atoms with E-state index >= 15 is 0 Å². The van der Waals surface area contributed by atoms with Gasteiger partial charge in [-0.05, 0) is 101 Å². The van der Waals surface area contributed by atoms with Crippen molar-refractivity contribution in [2.24, 2.45) is 35.5 Å². The first-order valence-electron chi connectivity index (χ1n) is 20.8. The van der Waals surface area contributed by atoms with Crippen molar-refractivity contribution in [1.82, 2.24) is 4.90 Å². The van der Waals surface area contributed by atoms with Gasteiger partial charge >= 0.3 is 5.97 Å². The molecule has 56 heavy (non-hydrogen) atoms. The van der Waals surface area contributed by atoms with Gasteiger partial charge in [0.15, 0.2) is 0 Å². The average Bonchev–Trinajstić information content (AvgIpc) is 3.18. The lowest BCUT2D eigenvalue weighted by molar-refractivity contribution is -0.290. The lowest BCUT2D eigenvalue weighted by Gasteiger charge is -2.47. The first kappa shape index (κ1) is 46.2. The number of aliphatic hydroxyl groups is 4. The third-order valence-corrected chi connectivity index (χ3v) is 13.2. The second kappa shape index (κ2) is 20.0. The number of Topliss-reactive ketones (excluding diaryl/α,β-unsaturated/α-hetero) is 2. The van der Waals surface area contributed by atoms with Gasteiger partial charge in [-0.2, -0.15) is 0 Å². The minimum Gasteiger partial charge on any atom is -0.456 e. The topological polar surface area (TPSA) is 189 Å². The summed E-state index contributed by atoms with van der Waals surface area (Å²) in [6.07, 6.45) is 2.06. The van der Waals surface area contributed by atoms with Gasteiger partial charge in [0.2, 0.25) is 5.79 Å². The van der Waals surface area contributed by atoms with Gasteiger partial charge in [-0.1, -0.05) is 46.8 Å². The normalized spacial score (nSPS) is 42.9. The summed E-state index contributed by atoms with van der Waals surface area (Å²) in [5.41, 5.74) is 1.22. The van der Waals surface area contributed by atoms with E-state index in [1.54, 1.807) is 40.9 Å². The van der Waals surface area contributed by atoms with Crippen LogP contribution in [0.1, 0.15) is 113 Å². The zero-order chi connectivity index (χ0) is 41.6. The summed E-state index contributed by atoms with van der Waals surface area (Å²) in [4.78, 5) is 57.6. The number of allylic oxidation sites excluding steroid dienone is 2. The average molecular weight is 792 g/mol. The molecule has 0 aromatic rings. The summed E-state index contributed by atoms with van der Waals surface area (Å²) >= 11 is 0. The van der Waals surface area contributed by atoms with Gasteiger partial charge < -0.3 is 44.3 Å². The number of aliphatic hydroxyl groups excluding tert-OH is 3. The summed E-state index contributed by atoms with van der Waals surface area (Å²) in [6, 6.07) is -1.14. The second-order valence-corrected chi connectivity index (χ2v) is 17.4. The van der Waals surface area contributed by atoms with Gasteiger partial charge in [0.25, 0.3) is 11.7 Å². The number of piperidine rings is 1. The van der Waals surface area contributed by atoms with Crippen LogP contribution in [0, 0.1) is 35.5 Å². The van der Waals surface area contributed by atoms with Gasteiger partial charge in [-0.15, -0.1) is 0 Å². The second-order valence-electron chi connectivity index (χ2n) is 17.4. The molecule has 4 rings (SSSR count). The zero-order valence-electron chi connectivity index (χ0n) is 35.0. The van der Waals surface area contributed by atoms with Crippen LogP contribution in [0.3, 0.4) is 0 Å². The maximum atomic E-state index is 14.3. The standard InChI is InChI=1S/C43H69NO12/c1-10-30-19-23(2)37(48)24(3)20-36(54-9)39-25(4)17-27(6)43(52,56-39)40(49)41(50)44-16-12-11-13-31(44)42(51)55-38(28(7)33(46)22-34(30)47)26(5)18-29-14-15-32(45)35(21-29)53-8/h18-19,24-25,27-33,35-39,45-46,48,52H,10-17,20-22H2,1-9H3/b23-19+,26-18+/t24-,25+,27-,28-,29+,30-,31?,32-,33+,35-,36+,37?,38-,39+,43-/m1/s1. The van der Waals surface area contributed by atoms with Crippen LogP contribution in [-0.4, -0.2) is 124 Å². The minimum absolute atomic E-state index is 0.0163. The largest absolute Gasteiger partial charge is 0.456 e. The predicted octanol–water partition coefficient (Wildman–Crippen LogP) is 4.06. The van der Waals surface area contributed by atoms with E-state index in [9.17, 15) is 39.6 Å². The number of hydrogen-bond donors (Lipinski definition) is 4. The van der Waals surface area contributed by atoms with Gasteiger partial charge in [-0.25, -0.2) is 4.79 Å². The molecule has 2 bridgehead atoms. The molecule has 2 saturated heterocycles. The predicted molar refractivity (Wildman–Crippen MR) is 208 cm³/mol. The van der Waals surface area contributed by atoms with Crippen molar-refractivity contribution >= 4 is 23.4 Å². The zero-order valence-corrected chi connectivity index (χ0v) is 35.0. The first-order chi connectivity index (χ1) is 26.4. The molecule has 2 unspecified atom stereocenters. The SMILES string of the molecule is CC[C@@H]1/C=C(\C)C(O)[C@H](C)C[C@H](OC)[C@H]2O[C@@](O)(C(=O)C(=O)N3CCCCC3C(=O)O[C@H](/C(C)=C/[C@@H]3CC[C@@H](O)[C@H](OC)C3)[C@H](C)[C@@H](O)CC1=O)[C@H](C)C[C@@H]2C. The molecule has 0 spiro atoms. The Bertz CT molecular complexity index is 1450. The van der Waals surface area contributed by atoms with Gasteiger partial charge in [0.1, 0.15) is 17.9 Å². The molecule has 3 heterocycles. The van der Waals surface area contributed by atoms with Gasteiger partial charge in [0.05, 0.1) is 36.6 Å². The fourth-order valence-electron chi connectivity index (χ4n) is 9.46. The summed E-state index contributed by atoms with van der Waals surface area (Å²) in [6.45, 7) is 12.7. The molecule has 13 nitrogen and oxygen atoms in total. The quantitative estimate of drug-likeness (QED) is 0.178. The lowest BCUT2D eigenvalue weighted by atomic mass is 9.78. The number of hydrogen-bond acceptors (Lipinski definition) is 12. The van der Waals surface area contributed by atoms with E-state index in [4.69, 9.17) is 18.9 Å². The fraction of sp³-hybridized carbons (Fsp3) is 0.814. The Labute approximate surface area is 333 Å². The Kier molecular flexibility index (Phi) is 16.5. The highest BCUT2D eigenvalue weighted by Gasteiger charge is 2.55. The molecule has 0 radical (unpaired) electrons. The molecule has 1 aliphatic carbocycles. The van der Waals surface area contributed by atoms with Crippen LogP contribution in [0.15, 0.2) is 23.3 Å². The number of rotatable bonds is 5. The molecule has 3 fully saturated rings. The minimum atomic E-state index is -2.49. The van der Waals surface area contributed by atoms with Crippen LogP contribution >= 0.6 is 0 Å². The summed E-state index contributed by atoms with van der Waals surface area (Å²) < 4.78 is 23.9. The van der Waals surface area contributed by atoms with Gasteiger partial charge in [-0.3, -0.25) is 14.4 Å². The van der Waals surface area contributed by atoms with E-state index in [2.05, 4.69) is 0 Å². The third kappa shape index (κ3) is 10.4. The number of fused-ring (bicyclic) bond motifs is 3. The smallest absolute Gasteiger partial charge is 0.329 e. The summed E-state index contributed by atoms with van der Waals surface area (Å²) in [5, 5.41) is 45.5. The molecule has 318 valence electrons. The van der Waals surface area contributed by atoms with Crippen molar-refractivity contribution in [2.75, 3.05) is 20.8 Å². The highest BCUT2D eigenvalue weighted by atomic mass is 16.7. The first-order valence-corrected chi connectivity index (χ1v) is 20.8. The number of ether oxygens (including phenoxy) is 4. The van der Waals surface area contributed by atoms with Crippen molar-refractivity contribution in [3.05, 3.63) is 23.3 Å². The number of methoxy groups -OCH3 is 2. The number of amides is 1. The number of carbonyl (C=O) groups excluding carboxylic acids is 4. The molecule has 1 amide bonds. The van der Waals surface area contributed by atoms with Crippen molar-refractivity contribution in [3.63, 3.8) is 0 Å². The summed E-state index contributed by atoms with van der Waals surface area (Å²) in [5.74, 6) is -8.35. The van der Waals surface area contributed by atoms with Gasteiger partial charge in [0, 0.05) is 44.9 Å². The highest BCUT2D eigenvalue weighted by molar-refractivity contribution is 6.39. The molecule has 13 heteroatoms. The maximum absolute atomic E-state index is 14.3. The number of esters is 1. The van der Waals surface area contributed by atoms with Crippen molar-refractivity contribution in [3.8, 4) is 0 Å². The van der Waals surface area contributed by atoms with Crippen LogP contribution in [0.2, 0.25) is 0 Å². The van der Waals surface area contributed by atoms with E-state index in [0.29, 0.717) is 56.1 Å². The molecule has 1 saturated carbocycles. The Morgan fingerprint density at radius 3 is 2.25 bits per heavy atom. The van der Waals surface area contributed by atoms with E-state index in [-0.39, 0.29) is 55.4 Å². The highest BCUT2D eigenvalue weighted by Crippen LogP contribution is 2.41. The van der Waals surface area contributed by atoms with E-state index in [1.165, 1.54) is 12.0 Å². The van der Waals surface area contributed by atoms with E-state index in [1.807, 2.05) is 26.8 Å². The fourth-order valence-corrected chi connectivity index (χ4v) is 9.46. The summed E-state index contributed by atoms with van der Waals surface area (Å²) in [7, 11) is 3.05. The van der Waals surface area contributed by atoms with Crippen molar-refractivity contribution in [1.29, 1.82) is 0 Å². The Hall–Kier alpha value is -2.52. The van der Waals surface area contributed by atoms with Crippen LogP contribution in [0.5, 0.6) is 0 Å². The number of nitrogens with zero attached hydrogens (tertiary/aromatic N) is 1. The third-order valence-electron chi connectivity index (χ3n) is 13.2. The molecular weight excluding hydrogens is 722 g/mol. The Balaban J connectivity index is 1.78. The molecule has 3 aliphatic heterocycles. The molecular formula is C43H69NO12. The Morgan fingerprint density at radius 2 is 1.61 bits per heavy atom. The molecule has 0 aromatic carbocycles. The number of ketones is 2. The van der Waals surface area contributed by atoms with Crippen molar-refractivity contribution in [2.45, 2.75) is 167 Å². The monoisotopic (exact) mass is 791 g/mol. The molecule has 15 atom stereocenters. The Morgan fingerprint density at radius 1 is 0.929 bits per heavy atom. The van der Waals surface area contributed by atoms with Crippen LogP contribution in [-0.2, 0) is 38.1 Å². The van der Waals surface area contributed by atoms with Crippen LogP contribution < -0.4 is 0 Å².